The standard InChI is InChI=1S/C26H25N3O2/c1-28(2)24(19-11-5-3-6-12-19)18-27-17-23-21-15-9-10-16-22(21)25(30)29(26(23)31)20-13-7-4-8-14-20/h3-17,24,31H,18H2,1-2H3/t24-/m1/s1. The summed E-state index contributed by atoms with van der Waals surface area (Å²) < 4.78 is 1.34. The third-order valence-corrected chi connectivity index (χ3v) is 5.42. The molecular weight excluding hydrogens is 386 g/mol. The molecule has 0 spiro atoms. The average molecular weight is 412 g/mol. The number of fused-ring (bicyclic) bond motifs is 1. The molecule has 0 aliphatic rings. The van der Waals surface area contributed by atoms with Gasteiger partial charge in [-0.2, -0.15) is 0 Å². The van der Waals surface area contributed by atoms with Gasteiger partial charge in [0, 0.05) is 17.0 Å². The minimum atomic E-state index is -0.257. The number of likely N-dealkylation sites (N-methyl/N-ethyl adjacent to an activating group) is 1. The summed E-state index contributed by atoms with van der Waals surface area (Å²) in [5.74, 6) is -0.111. The number of para-hydroxylation sites is 1. The lowest BCUT2D eigenvalue weighted by Gasteiger charge is -2.23. The zero-order valence-electron chi connectivity index (χ0n) is 17.6. The van der Waals surface area contributed by atoms with Gasteiger partial charge in [-0.1, -0.05) is 66.7 Å². The Morgan fingerprint density at radius 2 is 1.48 bits per heavy atom. The smallest absolute Gasteiger partial charge is 0.265 e. The Balaban J connectivity index is 1.79. The van der Waals surface area contributed by atoms with Crippen LogP contribution in [-0.4, -0.2) is 41.4 Å². The van der Waals surface area contributed by atoms with E-state index in [0.717, 1.165) is 0 Å². The molecule has 0 bridgehead atoms. The van der Waals surface area contributed by atoms with E-state index in [1.54, 1.807) is 24.4 Å². The van der Waals surface area contributed by atoms with Gasteiger partial charge >= 0.3 is 0 Å². The molecule has 3 aromatic carbocycles. The van der Waals surface area contributed by atoms with Crippen LogP contribution in [0.2, 0.25) is 0 Å². The summed E-state index contributed by atoms with van der Waals surface area (Å²) in [7, 11) is 4.05. The largest absolute Gasteiger partial charge is 0.494 e. The first-order valence-corrected chi connectivity index (χ1v) is 10.2. The molecule has 1 atom stereocenters. The van der Waals surface area contributed by atoms with Crippen LogP contribution in [0.4, 0.5) is 0 Å². The molecule has 1 N–H and O–H groups in total. The lowest BCUT2D eigenvalue weighted by atomic mass is 10.1. The van der Waals surface area contributed by atoms with Crippen LogP contribution < -0.4 is 5.56 Å². The number of aliphatic imine (C=N–C) groups is 1. The molecule has 1 heterocycles. The average Bonchev–Trinajstić information content (AvgIpc) is 2.80. The molecule has 31 heavy (non-hydrogen) atoms. The maximum absolute atomic E-state index is 13.1. The fraction of sp³-hybridized carbons (Fsp3) is 0.154. The van der Waals surface area contributed by atoms with Gasteiger partial charge in [-0.15, -0.1) is 0 Å². The van der Waals surface area contributed by atoms with Gasteiger partial charge in [0.15, 0.2) is 0 Å². The fourth-order valence-corrected chi connectivity index (χ4v) is 3.79. The summed E-state index contributed by atoms with van der Waals surface area (Å²) in [5, 5.41) is 12.3. The summed E-state index contributed by atoms with van der Waals surface area (Å²) >= 11 is 0. The van der Waals surface area contributed by atoms with Crippen molar-refractivity contribution in [3.8, 4) is 11.6 Å². The van der Waals surface area contributed by atoms with Gasteiger partial charge in [0.05, 0.1) is 23.8 Å². The molecule has 0 amide bonds. The number of aromatic hydroxyl groups is 1. The topological polar surface area (TPSA) is 57.8 Å². The van der Waals surface area contributed by atoms with E-state index in [0.29, 0.717) is 28.6 Å². The molecule has 5 nitrogen and oxygen atoms in total. The second kappa shape index (κ2) is 8.98. The fourth-order valence-electron chi connectivity index (χ4n) is 3.79. The Labute approximate surface area is 181 Å². The van der Waals surface area contributed by atoms with E-state index in [4.69, 9.17) is 0 Å². The van der Waals surface area contributed by atoms with Crippen molar-refractivity contribution < 1.29 is 5.11 Å². The second-order valence-corrected chi connectivity index (χ2v) is 7.64. The number of nitrogens with zero attached hydrogens (tertiary/aromatic N) is 3. The summed E-state index contributed by atoms with van der Waals surface area (Å²) in [6.45, 7) is 0.523. The van der Waals surface area contributed by atoms with Crippen molar-refractivity contribution in [3.05, 3.63) is 106 Å². The van der Waals surface area contributed by atoms with E-state index in [-0.39, 0.29) is 17.5 Å². The predicted molar refractivity (Wildman–Crippen MR) is 127 cm³/mol. The van der Waals surface area contributed by atoms with Crippen LogP contribution >= 0.6 is 0 Å². The number of hydrogen-bond donors (Lipinski definition) is 1. The number of pyridine rings is 1. The van der Waals surface area contributed by atoms with Crippen molar-refractivity contribution in [2.45, 2.75) is 6.04 Å². The van der Waals surface area contributed by atoms with Gasteiger partial charge in [0.25, 0.3) is 5.56 Å². The molecule has 0 aliphatic carbocycles. The lowest BCUT2D eigenvalue weighted by Crippen LogP contribution is -2.22. The molecule has 0 unspecified atom stereocenters. The van der Waals surface area contributed by atoms with Crippen LogP contribution in [0, 0.1) is 0 Å². The molecule has 0 saturated heterocycles. The van der Waals surface area contributed by atoms with Gasteiger partial charge in [-0.05, 0) is 37.9 Å². The van der Waals surface area contributed by atoms with Crippen molar-refractivity contribution in [1.29, 1.82) is 0 Å². The minimum Gasteiger partial charge on any atom is -0.494 e. The van der Waals surface area contributed by atoms with E-state index < -0.39 is 0 Å². The Morgan fingerprint density at radius 1 is 0.903 bits per heavy atom. The summed E-state index contributed by atoms with van der Waals surface area (Å²) in [5.41, 5.74) is 2.06. The van der Waals surface area contributed by atoms with Crippen LogP contribution in [0.15, 0.2) is 94.7 Å². The van der Waals surface area contributed by atoms with Crippen LogP contribution in [0.3, 0.4) is 0 Å². The predicted octanol–water partition coefficient (Wildman–Crippen LogP) is 4.42. The SMILES string of the molecule is CN(C)[C@H](CN=Cc1c(O)n(-c2ccccc2)c(=O)c2ccccc12)c1ccccc1. The number of hydrogen-bond acceptors (Lipinski definition) is 4. The molecule has 156 valence electrons. The van der Waals surface area contributed by atoms with Crippen molar-refractivity contribution in [3.63, 3.8) is 0 Å². The highest BCUT2D eigenvalue weighted by molar-refractivity contribution is 6.01. The highest BCUT2D eigenvalue weighted by atomic mass is 16.3. The van der Waals surface area contributed by atoms with Crippen molar-refractivity contribution in [1.82, 2.24) is 9.47 Å². The summed E-state index contributed by atoms with van der Waals surface area (Å²) in [6, 6.07) is 26.8. The quantitative estimate of drug-likeness (QED) is 0.478. The summed E-state index contributed by atoms with van der Waals surface area (Å²) in [6.07, 6.45) is 1.68. The van der Waals surface area contributed by atoms with E-state index >= 15 is 0 Å². The maximum atomic E-state index is 13.1. The monoisotopic (exact) mass is 411 g/mol. The molecular formula is C26H25N3O2. The van der Waals surface area contributed by atoms with Gasteiger partial charge < -0.3 is 10.0 Å². The first-order chi connectivity index (χ1) is 15.1. The summed E-state index contributed by atoms with van der Waals surface area (Å²) in [4.78, 5) is 19.9. The Hall–Kier alpha value is -3.70. The van der Waals surface area contributed by atoms with E-state index in [1.807, 2.05) is 68.7 Å². The molecule has 4 aromatic rings. The maximum Gasteiger partial charge on any atom is 0.265 e. The van der Waals surface area contributed by atoms with Crippen molar-refractivity contribution in [2.75, 3.05) is 20.6 Å². The Kier molecular flexibility index (Phi) is 5.96. The van der Waals surface area contributed by atoms with Crippen LogP contribution in [-0.2, 0) is 0 Å². The van der Waals surface area contributed by atoms with Gasteiger partial charge in [-0.3, -0.25) is 9.79 Å². The first-order valence-electron chi connectivity index (χ1n) is 10.2. The highest BCUT2D eigenvalue weighted by Crippen LogP contribution is 2.26. The van der Waals surface area contributed by atoms with Gasteiger partial charge in [0.1, 0.15) is 0 Å². The van der Waals surface area contributed by atoms with Gasteiger partial charge in [-0.25, -0.2) is 4.57 Å². The third kappa shape index (κ3) is 4.13. The Bertz CT molecular complexity index is 1260. The minimum absolute atomic E-state index is 0.103. The lowest BCUT2D eigenvalue weighted by molar-refractivity contribution is 0.307. The molecule has 1 aromatic heterocycles. The van der Waals surface area contributed by atoms with E-state index in [2.05, 4.69) is 22.0 Å². The molecule has 0 aliphatic heterocycles. The zero-order valence-corrected chi connectivity index (χ0v) is 17.6. The highest BCUT2D eigenvalue weighted by Gasteiger charge is 2.17. The van der Waals surface area contributed by atoms with Gasteiger partial charge in [0.2, 0.25) is 5.88 Å². The molecule has 0 fully saturated rings. The zero-order chi connectivity index (χ0) is 21.8. The van der Waals surface area contributed by atoms with E-state index in [9.17, 15) is 9.90 Å². The first kappa shape index (κ1) is 20.6. The van der Waals surface area contributed by atoms with E-state index in [1.165, 1.54) is 10.1 Å². The third-order valence-electron chi connectivity index (χ3n) is 5.42. The van der Waals surface area contributed by atoms with Crippen molar-refractivity contribution in [2.24, 2.45) is 4.99 Å². The molecule has 0 saturated carbocycles. The normalized spacial score (nSPS) is 12.6. The van der Waals surface area contributed by atoms with Crippen molar-refractivity contribution >= 4 is 17.0 Å². The Morgan fingerprint density at radius 3 is 2.13 bits per heavy atom. The molecule has 4 rings (SSSR count). The van der Waals surface area contributed by atoms with Crippen LogP contribution in [0.1, 0.15) is 17.2 Å². The number of benzene rings is 3. The number of rotatable bonds is 6. The second-order valence-electron chi connectivity index (χ2n) is 7.64. The molecule has 0 radical (unpaired) electrons. The van der Waals surface area contributed by atoms with Crippen LogP contribution in [0.25, 0.3) is 16.5 Å². The van der Waals surface area contributed by atoms with Crippen LogP contribution in [0.5, 0.6) is 5.88 Å². The molecule has 5 heteroatoms. The number of aromatic nitrogens is 1.